The minimum Gasteiger partial charge on any atom is -0.497 e. The summed E-state index contributed by atoms with van der Waals surface area (Å²) in [7, 11) is 1.66. The van der Waals surface area contributed by atoms with Gasteiger partial charge in [-0.15, -0.1) is 11.8 Å². The molecule has 1 aliphatic rings. The zero-order valence-electron chi connectivity index (χ0n) is 13.1. The topological polar surface area (TPSA) is 38.3 Å². The van der Waals surface area contributed by atoms with Crippen molar-refractivity contribution in [2.24, 2.45) is 5.92 Å². The lowest BCUT2D eigenvalue weighted by Crippen LogP contribution is -2.44. The Morgan fingerprint density at radius 3 is 2.57 bits per heavy atom. The van der Waals surface area contributed by atoms with Gasteiger partial charge < -0.3 is 10.1 Å². The second-order valence-electron chi connectivity index (χ2n) is 5.81. The first-order valence-corrected chi connectivity index (χ1v) is 8.59. The van der Waals surface area contributed by atoms with Crippen molar-refractivity contribution in [2.45, 2.75) is 55.7 Å². The Labute approximate surface area is 131 Å². The minimum absolute atomic E-state index is 0.0764. The van der Waals surface area contributed by atoms with Crippen molar-refractivity contribution in [3.8, 4) is 5.75 Å². The highest BCUT2D eigenvalue weighted by atomic mass is 32.2. The summed E-state index contributed by atoms with van der Waals surface area (Å²) in [4.78, 5) is 13.4. The number of carbonyl (C=O) groups excluding carboxylic acids is 1. The Morgan fingerprint density at radius 2 is 1.95 bits per heavy atom. The van der Waals surface area contributed by atoms with Crippen molar-refractivity contribution in [3.05, 3.63) is 24.3 Å². The molecule has 1 fully saturated rings. The van der Waals surface area contributed by atoms with Crippen molar-refractivity contribution in [1.29, 1.82) is 0 Å². The van der Waals surface area contributed by atoms with Crippen LogP contribution in [-0.4, -0.2) is 24.3 Å². The number of rotatable bonds is 5. The van der Waals surface area contributed by atoms with Crippen LogP contribution in [0.2, 0.25) is 0 Å². The number of amides is 1. The van der Waals surface area contributed by atoms with E-state index in [4.69, 9.17) is 4.74 Å². The molecule has 1 aromatic carbocycles. The van der Waals surface area contributed by atoms with Gasteiger partial charge in [0.25, 0.3) is 0 Å². The Bertz CT molecular complexity index is 460. The van der Waals surface area contributed by atoms with Crippen molar-refractivity contribution >= 4 is 17.7 Å². The zero-order valence-corrected chi connectivity index (χ0v) is 13.9. The maximum Gasteiger partial charge on any atom is 0.233 e. The van der Waals surface area contributed by atoms with Gasteiger partial charge in [-0.3, -0.25) is 4.79 Å². The lowest BCUT2D eigenvalue weighted by atomic mass is 9.86. The van der Waals surface area contributed by atoms with Gasteiger partial charge in [-0.25, -0.2) is 0 Å². The number of ether oxygens (including phenoxy) is 1. The second-order valence-corrected chi connectivity index (χ2v) is 7.23. The summed E-state index contributed by atoms with van der Waals surface area (Å²) in [6, 6.07) is 8.20. The van der Waals surface area contributed by atoms with Gasteiger partial charge >= 0.3 is 0 Å². The quantitative estimate of drug-likeness (QED) is 0.839. The van der Waals surface area contributed by atoms with E-state index >= 15 is 0 Å². The molecule has 3 atom stereocenters. The first-order valence-electron chi connectivity index (χ1n) is 7.71. The van der Waals surface area contributed by atoms with Crippen LogP contribution in [0.4, 0.5) is 0 Å². The highest BCUT2D eigenvalue weighted by Gasteiger charge is 2.25. The molecule has 1 amide bonds. The van der Waals surface area contributed by atoms with Crippen LogP contribution in [0, 0.1) is 5.92 Å². The summed E-state index contributed by atoms with van der Waals surface area (Å²) in [5, 5.41) is 3.15. The Hall–Kier alpha value is -1.16. The molecule has 2 rings (SSSR count). The van der Waals surface area contributed by atoms with Gasteiger partial charge in [-0.2, -0.15) is 0 Å². The van der Waals surface area contributed by atoms with Crippen molar-refractivity contribution in [1.82, 2.24) is 5.32 Å². The third-order valence-corrected chi connectivity index (χ3v) is 5.29. The summed E-state index contributed by atoms with van der Waals surface area (Å²) >= 11 is 1.59. The molecule has 4 heteroatoms. The predicted molar refractivity (Wildman–Crippen MR) is 87.9 cm³/mol. The fourth-order valence-corrected chi connectivity index (χ4v) is 3.62. The van der Waals surface area contributed by atoms with E-state index in [-0.39, 0.29) is 11.2 Å². The van der Waals surface area contributed by atoms with E-state index < -0.39 is 0 Å². The normalized spacial score (nSPS) is 23.4. The highest BCUT2D eigenvalue weighted by Crippen LogP contribution is 2.27. The molecule has 0 spiro atoms. The fraction of sp³-hybridized carbons (Fsp3) is 0.588. The van der Waals surface area contributed by atoms with E-state index in [1.54, 1.807) is 18.9 Å². The summed E-state index contributed by atoms with van der Waals surface area (Å²) in [5.41, 5.74) is 0. The van der Waals surface area contributed by atoms with Crippen LogP contribution >= 0.6 is 11.8 Å². The molecular weight excluding hydrogens is 282 g/mol. The van der Waals surface area contributed by atoms with Crippen LogP contribution in [0.15, 0.2) is 29.2 Å². The van der Waals surface area contributed by atoms with Crippen LogP contribution < -0.4 is 10.1 Å². The number of nitrogens with one attached hydrogen (secondary N) is 1. The first-order chi connectivity index (χ1) is 10.1. The van der Waals surface area contributed by atoms with Crippen molar-refractivity contribution < 1.29 is 9.53 Å². The van der Waals surface area contributed by atoms with E-state index in [1.807, 2.05) is 31.2 Å². The first kappa shape index (κ1) is 16.2. The maximum absolute atomic E-state index is 12.3. The third-order valence-electron chi connectivity index (χ3n) is 4.18. The smallest absolute Gasteiger partial charge is 0.233 e. The maximum atomic E-state index is 12.3. The molecule has 3 nitrogen and oxygen atoms in total. The Balaban J connectivity index is 1.86. The third kappa shape index (κ3) is 4.67. The molecule has 0 bridgehead atoms. The molecule has 21 heavy (non-hydrogen) atoms. The molecule has 1 saturated carbocycles. The highest BCUT2D eigenvalue weighted by molar-refractivity contribution is 8.00. The van der Waals surface area contributed by atoms with Gasteiger partial charge in [0.2, 0.25) is 5.91 Å². The van der Waals surface area contributed by atoms with Crippen LogP contribution in [0.5, 0.6) is 5.75 Å². The lowest BCUT2D eigenvalue weighted by Gasteiger charge is -2.30. The van der Waals surface area contributed by atoms with E-state index in [2.05, 4.69) is 12.2 Å². The molecule has 1 aliphatic carbocycles. The minimum atomic E-state index is -0.0764. The number of carbonyl (C=O) groups is 1. The SMILES string of the molecule is COc1ccc(S[C@H](C)C(=O)N[C@H]2CCCC[C@@H]2C)cc1. The predicted octanol–water partition coefficient (Wildman–Crippen LogP) is 3.87. The molecule has 0 aromatic heterocycles. The monoisotopic (exact) mass is 307 g/mol. The summed E-state index contributed by atoms with van der Waals surface area (Å²) in [6.45, 7) is 4.21. The average molecular weight is 307 g/mol. The summed E-state index contributed by atoms with van der Waals surface area (Å²) < 4.78 is 5.15. The van der Waals surface area contributed by atoms with Crippen LogP contribution in [-0.2, 0) is 4.79 Å². The van der Waals surface area contributed by atoms with Gasteiger partial charge in [-0.05, 0) is 49.9 Å². The molecule has 0 unspecified atom stereocenters. The Morgan fingerprint density at radius 1 is 1.29 bits per heavy atom. The molecule has 0 radical (unpaired) electrons. The summed E-state index contributed by atoms with van der Waals surface area (Å²) in [5.74, 6) is 1.59. The fourth-order valence-electron chi connectivity index (χ4n) is 2.74. The second kappa shape index (κ2) is 7.74. The standard InChI is InChI=1S/C17H25NO2S/c1-12-6-4-5-7-16(12)18-17(19)13(2)21-15-10-8-14(20-3)9-11-15/h8-13,16H,4-7H2,1-3H3,(H,18,19)/t12-,13+,16-/m0/s1. The van der Waals surface area contributed by atoms with Crippen molar-refractivity contribution in [3.63, 3.8) is 0 Å². The number of thioether (sulfide) groups is 1. The number of benzene rings is 1. The molecule has 116 valence electrons. The lowest BCUT2D eigenvalue weighted by molar-refractivity contribution is -0.121. The molecule has 0 heterocycles. The molecule has 0 aliphatic heterocycles. The number of methoxy groups -OCH3 is 1. The van der Waals surface area contributed by atoms with E-state index in [0.29, 0.717) is 12.0 Å². The van der Waals surface area contributed by atoms with Gasteiger partial charge in [0, 0.05) is 10.9 Å². The molecule has 1 N–H and O–H groups in total. The molecular formula is C17H25NO2S. The van der Waals surface area contributed by atoms with Gasteiger partial charge in [0.15, 0.2) is 0 Å². The largest absolute Gasteiger partial charge is 0.497 e. The van der Waals surface area contributed by atoms with Gasteiger partial charge in [-0.1, -0.05) is 19.8 Å². The van der Waals surface area contributed by atoms with Gasteiger partial charge in [0.05, 0.1) is 12.4 Å². The van der Waals surface area contributed by atoms with E-state index in [0.717, 1.165) is 17.1 Å². The van der Waals surface area contributed by atoms with Gasteiger partial charge in [0.1, 0.15) is 5.75 Å². The molecule has 1 aromatic rings. The zero-order chi connectivity index (χ0) is 15.2. The van der Waals surface area contributed by atoms with E-state index in [1.165, 1.54) is 19.3 Å². The van der Waals surface area contributed by atoms with Crippen LogP contribution in [0.1, 0.15) is 39.5 Å². The van der Waals surface area contributed by atoms with E-state index in [9.17, 15) is 4.79 Å². The van der Waals surface area contributed by atoms with Crippen LogP contribution in [0.3, 0.4) is 0 Å². The molecule has 0 saturated heterocycles. The Kier molecular flexibility index (Phi) is 5.97. The number of hydrogen-bond acceptors (Lipinski definition) is 3. The summed E-state index contributed by atoms with van der Waals surface area (Å²) in [6.07, 6.45) is 4.87. The van der Waals surface area contributed by atoms with Crippen molar-refractivity contribution in [2.75, 3.05) is 7.11 Å². The van der Waals surface area contributed by atoms with Crippen LogP contribution in [0.25, 0.3) is 0 Å². The average Bonchev–Trinajstić information content (AvgIpc) is 2.50. The number of hydrogen-bond donors (Lipinski definition) is 1.